The third-order valence-electron chi connectivity index (χ3n) is 9.24. The van der Waals surface area contributed by atoms with Crippen LogP contribution in [0.25, 0.3) is 0 Å². The van der Waals surface area contributed by atoms with E-state index >= 15 is 0 Å². The van der Waals surface area contributed by atoms with E-state index in [9.17, 15) is 19.1 Å². The molecule has 2 aromatic carbocycles. The summed E-state index contributed by atoms with van der Waals surface area (Å²) in [5.41, 5.74) is 2.35. The summed E-state index contributed by atoms with van der Waals surface area (Å²) >= 11 is 5.89. The van der Waals surface area contributed by atoms with Crippen LogP contribution in [-0.2, 0) is 16.1 Å². The van der Waals surface area contributed by atoms with Crippen LogP contribution in [0.3, 0.4) is 0 Å². The lowest BCUT2D eigenvalue weighted by Crippen LogP contribution is -2.50. The van der Waals surface area contributed by atoms with Crippen LogP contribution in [0.2, 0.25) is 5.02 Å². The molecule has 8 nitrogen and oxygen atoms in total. The highest BCUT2D eigenvalue weighted by Crippen LogP contribution is 2.37. The topological polar surface area (TPSA) is 100 Å². The third-order valence-corrected chi connectivity index (χ3v) is 9.55. The van der Waals surface area contributed by atoms with E-state index in [1.165, 1.54) is 30.5 Å². The van der Waals surface area contributed by atoms with Gasteiger partial charge in [-0.25, -0.2) is 4.39 Å². The smallest absolute Gasteiger partial charge is 0.255 e. The van der Waals surface area contributed by atoms with Gasteiger partial charge in [0.2, 0.25) is 5.91 Å². The van der Waals surface area contributed by atoms with Gasteiger partial charge in [-0.15, -0.1) is 0 Å². The summed E-state index contributed by atoms with van der Waals surface area (Å²) in [6.45, 7) is 1.29. The minimum Gasteiger partial charge on any atom is -0.493 e. The van der Waals surface area contributed by atoms with Crippen molar-refractivity contribution in [1.82, 2.24) is 15.5 Å². The van der Waals surface area contributed by atoms with Gasteiger partial charge in [0.25, 0.3) is 5.91 Å². The molecule has 10 heteroatoms. The van der Waals surface area contributed by atoms with Crippen LogP contribution in [0, 0.1) is 5.82 Å². The number of benzene rings is 2. The molecule has 2 amide bonds. The zero-order chi connectivity index (χ0) is 29.2. The Morgan fingerprint density at radius 1 is 1.05 bits per heavy atom. The molecular weight excluding hydrogens is 561 g/mol. The number of hydrogen-bond acceptors (Lipinski definition) is 6. The van der Waals surface area contributed by atoms with Crippen molar-refractivity contribution < 1.29 is 28.6 Å². The van der Waals surface area contributed by atoms with Crippen molar-refractivity contribution in [2.24, 2.45) is 0 Å². The number of fused-ring (bicyclic) bond motifs is 5. The number of carbonyl (C=O) groups is 2. The molecule has 3 aliphatic heterocycles. The first-order valence-corrected chi connectivity index (χ1v) is 15.6. The van der Waals surface area contributed by atoms with Crippen LogP contribution in [0.4, 0.5) is 4.39 Å². The Kier molecular flexibility index (Phi) is 9.00. The predicted molar refractivity (Wildman–Crippen MR) is 156 cm³/mol. The highest BCUT2D eigenvalue weighted by Gasteiger charge is 2.39. The lowest BCUT2D eigenvalue weighted by Gasteiger charge is -2.34. The Bertz CT molecular complexity index is 1300. The minimum atomic E-state index is -0.667. The first-order valence-electron chi connectivity index (χ1n) is 15.2. The molecule has 0 aromatic heterocycles. The summed E-state index contributed by atoms with van der Waals surface area (Å²) in [6.07, 6.45) is 5.68. The number of likely N-dealkylation sites (tertiary alicyclic amines) is 1. The summed E-state index contributed by atoms with van der Waals surface area (Å²) in [5.74, 6) is 0.0759. The number of halogens is 2. The minimum absolute atomic E-state index is 0.0401. The molecular formula is C32H39ClFN3O5. The average Bonchev–Trinajstić information content (AvgIpc) is 3.65. The molecule has 3 fully saturated rings. The fraction of sp³-hybridized carbons (Fsp3) is 0.562. The predicted octanol–water partition coefficient (Wildman–Crippen LogP) is 4.32. The fourth-order valence-electron chi connectivity index (χ4n) is 6.91. The molecule has 2 saturated heterocycles. The Labute approximate surface area is 250 Å². The molecule has 3 heterocycles. The SMILES string of the molecule is O=C1N[C@H]2C[C@@H](C(=O)NC[C@H]3O[C@H](CCOc4cc(C5CCCC5)ccc41)CC[C@@H]3O)N(Cc1ccc(Cl)c(F)c1)C2. The van der Waals surface area contributed by atoms with Gasteiger partial charge in [0.1, 0.15) is 17.7 Å². The molecule has 0 radical (unpaired) electrons. The van der Waals surface area contributed by atoms with Gasteiger partial charge < -0.3 is 25.2 Å². The van der Waals surface area contributed by atoms with Crippen molar-refractivity contribution in [2.45, 2.75) is 94.2 Å². The van der Waals surface area contributed by atoms with Crippen LogP contribution in [0.1, 0.15) is 78.8 Å². The van der Waals surface area contributed by atoms with Crippen molar-refractivity contribution in [2.75, 3.05) is 19.7 Å². The van der Waals surface area contributed by atoms with E-state index in [0.29, 0.717) is 68.2 Å². The highest BCUT2D eigenvalue weighted by atomic mass is 35.5. The van der Waals surface area contributed by atoms with Crippen LogP contribution >= 0.6 is 11.6 Å². The number of nitrogens with one attached hydrogen (secondary N) is 2. The highest BCUT2D eigenvalue weighted by molar-refractivity contribution is 6.30. The second kappa shape index (κ2) is 12.9. The number of rotatable bonds is 3. The van der Waals surface area contributed by atoms with Gasteiger partial charge in [0.15, 0.2) is 0 Å². The van der Waals surface area contributed by atoms with E-state index in [1.807, 2.05) is 23.1 Å². The van der Waals surface area contributed by atoms with Gasteiger partial charge >= 0.3 is 0 Å². The van der Waals surface area contributed by atoms with Gasteiger partial charge in [-0.1, -0.05) is 36.6 Å². The maximum Gasteiger partial charge on any atom is 0.255 e. The van der Waals surface area contributed by atoms with E-state index in [1.54, 1.807) is 6.07 Å². The molecule has 3 N–H and O–H groups in total. The van der Waals surface area contributed by atoms with Crippen molar-refractivity contribution in [3.8, 4) is 5.75 Å². The number of nitrogens with zero attached hydrogens (tertiary/aromatic N) is 1. The lowest BCUT2D eigenvalue weighted by atomic mass is 9.95. The van der Waals surface area contributed by atoms with Crippen LogP contribution in [-0.4, -0.2) is 71.9 Å². The van der Waals surface area contributed by atoms with Crippen molar-refractivity contribution in [3.05, 3.63) is 63.9 Å². The van der Waals surface area contributed by atoms with E-state index in [-0.39, 0.29) is 35.5 Å². The van der Waals surface area contributed by atoms with Gasteiger partial charge in [-0.2, -0.15) is 0 Å². The Hall–Kier alpha value is -2.72. The molecule has 4 aliphatic rings. The van der Waals surface area contributed by atoms with Crippen molar-refractivity contribution in [1.29, 1.82) is 0 Å². The maximum atomic E-state index is 14.2. The molecule has 4 bridgehead atoms. The Morgan fingerprint density at radius 3 is 2.69 bits per heavy atom. The molecule has 226 valence electrons. The molecule has 2 aromatic rings. The first kappa shape index (κ1) is 29.4. The molecule has 5 atom stereocenters. The van der Waals surface area contributed by atoms with E-state index < -0.39 is 24.1 Å². The van der Waals surface area contributed by atoms with E-state index in [0.717, 1.165) is 12.8 Å². The van der Waals surface area contributed by atoms with E-state index in [2.05, 4.69) is 10.6 Å². The second-order valence-corrected chi connectivity index (χ2v) is 12.6. The van der Waals surface area contributed by atoms with Gasteiger partial charge in [0.05, 0.1) is 35.4 Å². The molecule has 42 heavy (non-hydrogen) atoms. The number of hydrogen-bond donors (Lipinski definition) is 3. The van der Waals surface area contributed by atoms with Crippen LogP contribution in [0.5, 0.6) is 5.75 Å². The van der Waals surface area contributed by atoms with Crippen molar-refractivity contribution in [3.63, 3.8) is 0 Å². The third kappa shape index (κ3) is 6.59. The Balaban J connectivity index is 1.27. The zero-order valence-electron chi connectivity index (χ0n) is 23.7. The summed E-state index contributed by atoms with van der Waals surface area (Å²) in [5, 5.41) is 16.8. The lowest BCUT2D eigenvalue weighted by molar-refractivity contribution is -0.133. The van der Waals surface area contributed by atoms with Crippen molar-refractivity contribution >= 4 is 23.4 Å². The fourth-order valence-corrected chi connectivity index (χ4v) is 7.03. The summed E-state index contributed by atoms with van der Waals surface area (Å²) in [7, 11) is 0. The molecule has 1 saturated carbocycles. The zero-order valence-corrected chi connectivity index (χ0v) is 24.5. The monoisotopic (exact) mass is 599 g/mol. The molecule has 0 spiro atoms. The quantitative estimate of drug-likeness (QED) is 0.486. The summed E-state index contributed by atoms with van der Waals surface area (Å²) < 4.78 is 26.7. The number of aliphatic hydroxyl groups excluding tert-OH is 1. The molecule has 6 rings (SSSR count). The largest absolute Gasteiger partial charge is 0.493 e. The first-order chi connectivity index (χ1) is 20.3. The molecule has 0 unspecified atom stereocenters. The number of carbonyl (C=O) groups excluding carboxylic acids is 2. The van der Waals surface area contributed by atoms with Crippen LogP contribution in [0.15, 0.2) is 36.4 Å². The van der Waals surface area contributed by atoms with Gasteiger partial charge in [0, 0.05) is 32.1 Å². The van der Waals surface area contributed by atoms with Gasteiger partial charge in [-0.3, -0.25) is 14.5 Å². The van der Waals surface area contributed by atoms with Gasteiger partial charge in [-0.05, 0) is 73.4 Å². The summed E-state index contributed by atoms with van der Waals surface area (Å²) in [6, 6.07) is 9.68. The number of ether oxygens (including phenoxy) is 2. The number of amides is 2. The second-order valence-electron chi connectivity index (χ2n) is 12.2. The maximum absolute atomic E-state index is 14.2. The number of aliphatic hydroxyl groups is 1. The average molecular weight is 600 g/mol. The standard InChI is InChI=1S/C32H39ClFN3O5/c33-25-9-5-19(13-26(25)34)17-37-18-22-15-27(37)32(40)35-16-30-28(38)10-7-23(42-30)11-12-41-29-14-21(20-3-1-2-4-20)6-8-24(29)31(39)36-22/h5-6,8-9,13-14,20,22-23,27-28,30,38H,1-4,7,10-12,15-18H2,(H,35,40)(H,36,39)/t22-,23-,27-,28-,30+/m0/s1. The van der Waals surface area contributed by atoms with E-state index in [4.69, 9.17) is 21.1 Å². The Morgan fingerprint density at radius 2 is 1.88 bits per heavy atom. The van der Waals surface area contributed by atoms with Crippen LogP contribution < -0.4 is 15.4 Å². The summed E-state index contributed by atoms with van der Waals surface area (Å²) in [4.78, 5) is 29.1. The molecule has 1 aliphatic carbocycles. The normalized spacial score (nSPS) is 29.5.